The Labute approximate surface area is 109 Å². The Morgan fingerprint density at radius 3 is 2.72 bits per heavy atom. The summed E-state index contributed by atoms with van der Waals surface area (Å²) in [6.07, 6.45) is 0.0237. The standard InChI is InChI=1S/C12H15NO4S/c14-10(11-2-1-7-18-11)8-9(12(15)16)13-3-5-17-6-4-13/h1-2,7,9H,3-6,8H2,(H,15,16)/t9-/m0/s1. The molecule has 1 aromatic rings. The fourth-order valence-corrected chi connectivity index (χ4v) is 2.65. The van der Waals surface area contributed by atoms with Crippen molar-refractivity contribution in [3.05, 3.63) is 22.4 Å². The van der Waals surface area contributed by atoms with Crippen LogP contribution < -0.4 is 0 Å². The molecule has 1 aliphatic heterocycles. The molecule has 6 heteroatoms. The van der Waals surface area contributed by atoms with Crippen molar-refractivity contribution in [1.29, 1.82) is 0 Å². The third-order valence-electron chi connectivity index (χ3n) is 2.95. The summed E-state index contributed by atoms with van der Waals surface area (Å²) in [5, 5.41) is 11.1. The average molecular weight is 269 g/mol. The van der Waals surface area contributed by atoms with Gasteiger partial charge in [0.2, 0.25) is 0 Å². The molecule has 2 heterocycles. The largest absolute Gasteiger partial charge is 0.480 e. The average Bonchev–Trinajstić information content (AvgIpc) is 2.90. The molecular weight excluding hydrogens is 254 g/mol. The topological polar surface area (TPSA) is 66.8 Å². The second-order valence-electron chi connectivity index (χ2n) is 4.11. The molecule has 0 unspecified atom stereocenters. The number of hydrogen-bond acceptors (Lipinski definition) is 5. The van der Waals surface area contributed by atoms with E-state index in [1.165, 1.54) is 11.3 Å². The minimum atomic E-state index is -0.943. The Balaban J connectivity index is 2.02. The summed E-state index contributed by atoms with van der Waals surface area (Å²) in [6.45, 7) is 2.18. The summed E-state index contributed by atoms with van der Waals surface area (Å²) >= 11 is 1.35. The van der Waals surface area contributed by atoms with Gasteiger partial charge in [0.25, 0.3) is 0 Å². The number of carbonyl (C=O) groups excluding carboxylic acids is 1. The van der Waals surface area contributed by atoms with E-state index in [1.54, 1.807) is 17.0 Å². The number of aliphatic carboxylic acids is 1. The van der Waals surface area contributed by atoms with Crippen molar-refractivity contribution in [3.63, 3.8) is 0 Å². The lowest BCUT2D eigenvalue weighted by Gasteiger charge is -2.31. The highest BCUT2D eigenvalue weighted by Gasteiger charge is 2.29. The normalized spacial score (nSPS) is 18.4. The minimum Gasteiger partial charge on any atom is -0.480 e. The van der Waals surface area contributed by atoms with Gasteiger partial charge in [0.1, 0.15) is 6.04 Å². The maximum atomic E-state index is 12.0. The number of morpholine rings is 1. The maximum Gasteiger partial charge on any atom is 0.321 e. The Kier molecular flexibility index (Phi) is 4.46. The summed E-state index contributed by atoms with van der Waals surface area (Å²) in [6, 6.07) is 2.77. The van der Waals surface area contributed by atoms with Gasteiger partial charge in [-0.3, -0.25) is 14.5 Å². The highest BCUT2D eigenvalue weighted by Crippen LogP contribution is 2.16. The van der Waals surface area contributed by atoms with E-state index in [2.05, 4.69) is 0 Å². The van der Waals surface area contributed by atoms with E-state index in [1.807, 2.05) is 5.38 Å². The second-order valence-corrected chi connectivity index (χ2v) is 5.05. The lowest BCUT2D eigenvalue weighted by Crippen LogP contribution is -2.48. The van der Waals surface area contributed by atoms with Gasteiger partial charge < -0.3 is 9.84 Å². The summed E-state index contributed by atoms with van der Waals surface area (Å²) in [5.41, 5.74) is 0. The molecule has 0 amide bonds. The number of nitrogens with zero attached hydrogens (tertiary/aromatic N) is 1. The van der Waals surface area contributed by atoms with E-state index >= 15 is 0 Å². The molecule has 0 bridgehead atoms. The molecule has 5 nitrogen and oxygen atoms in total. The summed E-state index contributed by atoms with van der Waals surface area (Å²) < 4.78 is 5.19. The van der Waals surface area contributed by atoms with E-state index in [9.17, 15) is 14.7 Å². The second kappa shape index (κ2) is 6.08. The number of rotatable bonds is 5. The predicted octanol–water partition coefficient (Wildman–Crippen LogP) is 1.11. The molecule has 0 aliphatic carbocycles. The minimum absolute atomic E-state index is 0.0237. The van der Waals surface area contributed by atoms with Crippen molar-refractivity contribution in [1.82, 2.24) is 4.90 Å². The Bertz CT molecular complexity index is 412. The van der Waals surface area contributed by atoms with Crippen molar-refractivity contribution in [2.24, 2.45) is 0 Å². The van der Waals surface area contributed by atoms with Crippen LogP contribution in [0.5, 0.6) is 0 Å². The zero-order chi connectivity index (χ0) is 13.0. The van der Waals surface area contributed by atoms with Gasteiger partial charge in [-0.2, -0.15) is 0 Å². The van der Waals surface area contributed by atoms with Crippen molar-refractivity contribution in [3.8, 4) is 0 Å². The number of Topliss-reactive ketones (excluding diaryl/α,β-unsaturated/α-hetero) is 1. The maximum absolute atomic E-state index is 12.0. The third-order valence-corrected chi connectivity index (χ3v) is 3.86. The number of carboxylic acids is 1. The molecule has 18 heavy (non-hydrogen) atoms. The molecular formula is C12H15NO4S. The Hall–Kier alpha value is -1.24. The van der Waals surface area contributed by atoms with Gasteiger partial charge in [0, 0.05) is 19.5 Å². The highest BCUT2D eigenvalue weighted by molar-refractivity contribution is 7.12. The molecule has 1 N–H and O–H groups in total. The van der Waals surface area contributed by atoms with E-state index in [-0.39, 0.29) is 12.2 Å². The molecule has 2 rings (SSSR count). The van der Waals surface area contributed by atoms with Crippen LogP contribution in [0.4, 0.5) is 0 Å². The zero-order valence-electron chi connectivity index (χ0n) is 9.87. The van der Waals surface area contributed by atoms with E-state index in [0.717, 1.165) is 0 Å². The van der Waals surface area contributed by atoms with Crippen LogP contribution in [0.15, 0.2) is 17.5 Å². The quantitative estimate of drug-likeness (QED) is 0.811. The van der Waals surface area contributed by atoms with Crippen LogP contribution in [0.25, 0.3) is 0 Å². The first-order chi connectivity index (χ1) is 8.68. The molecule has 1 fully saturated rings. The highest BCUT2D eigenvalue weighted by atomic mass is 32.1. The first kappa shape index (κ1) is 13.2. The van der Waals surface area contributed by atoms with Crippen molar-refractivity contribution >= 4 is 23.1 Å². The predicted molar refractivity (Wildman–Crippen MR) is 67.1 cm³/mol. The van der Waals surface area contributed by atoms with Gasteiger partial charge in [-0.15, -0.1) is 11.3 Å². The van der Waals surface area contributed by atoms with Crippen LogP contribution in [-0.2, 0) is 9.53 Å². The van der Waals surface area contributed by atoms with Gasteiger partial charge in [-0.05, 0) is 11.4 Å². The number of carbonyl (C=O) groups is 2. The van der Waals surface area contributed by atoms with E-state index < -0.39 is 12.0 Å². The molecule has 98 valence electrons. The lowest BCUT2D eigenvalue weighted by atomic mass is 10.1. The first-order valence-corrected chi connectivity index (χ1v) is 6.68. The molecule has 0 saturated carbocycles. The SMILES string of the molecule is O=C(C[C@@H](C(=O)O)N1CCOCC1)c1cccs1. The zero-order valence-corrected chi connectivity index (χ0v) is 10.7. The van der Waals surface area contributed by atoms with Gasteiger partial charge in [-0.25, -0.2) is 0 Å². The molecule has 0 spiro atoms. The smallest absolute Gasteiger partial charge is 0.321 e. The molecule has 1 aliphatic rings. The van der Waals surface area contributed by atoms with Gasteiger partial charge >= 0.3 is 5.97 Å². The number of hydrogen-bond donors (Lipinski definition) is 1. The summed E-state index contributed by atoms with van der Waals surface area (Å²) in [5.74, 6) is -1.05. The third kappa shape index (κ3) is 3.16. The summed E-state index contributed by atoms with van der Waals surface area (Å²) in [7, 11) is 0. The lowest BCUT2D eigenvalue weighted by molar-refractivity contribution is -0.144. The molecule has 0 aromatic carbocycles. The van der Waals surface area contributed by atoms with E-state index in [0.29, 0.717) is 31.2 Å². The first-order valence-electron chi connectivity index (χ1n) is 5.80. The Morgan fingerprint density at radius 2 is 2.17 bits per heavy atom. The van der Waals surface area contributed by atoms with Crippen molar-refractivity contribution < 1.29 is 19.4 Å². The Morgan fingerprint density at radius 1 is 1.44 bits per heavy atom. The van der Waals surface area contributed by atoms with Crippen molar-refractivity contribution in [2.75, 3.05) is 26.3 Å². The van der Waals surface area contributed by atoms with Gasteiger partial charge in [0.05, 0.1) is 18.1 Å². The molecule has 1 aromatic heterocycles. The number of ketones is 1. The van der Waals surface area contributed by atoms with Crippen LogP contribution in [0.1, 0.15) is 16.1 Å². The number of ether oxygens (including phenoxy) is 1. The van der Waals surface area contributed by atoms with Gasteiger partial charge in [0.15, 0.2) is 5.78 Å². The van der Waals surface area contributed by atoms with Crippen LogP contribution in [-0.4, -0.2) is 54.1 Å². The molecule has 1 saturated heterocycles. The van der Waals surface area contributed by atoms with Crippen molar-refractivity contribution in [2.45, 2.75) is 12.5 Å². The monoisotopic (exact) mass is 269 g/mol. The van der Waals surface area contributed by atoms with Gasteiger partial charge in [-0.1, -0.05) is 6.07 Å². The van der Waals surface area contributed by atoms with Crippen LogP contribution in [0.3, 0.4) is 0 Å². The summed E-state index contributed by atoms with van der Waals surface area (Å²) in [4.78, 5) is 25.6. The van der Waals surface area contributed by atoms with E-state index in [4.69, 9.17) is 4.74 Å². The van der Waals surface area contributed by atoms with Crippen LogP contribution >= 0.6 is 11.3 Å². The van der Waals surface area contributed by atoms with Crippen LogP contribution in [0.2, 0.25) is 0 Å². The molecule has 0 radical (unpaired) electrons. The number of carboxylic acid groups (broad SMARTS) is 1. The molecule has 1 atom stereocenters. The fraction of sp³-hybridized carbons (Fsp3) is 0.500. The fourth-order valence-electron chi connectivity index (χ4n) is 1.98. The van der Waals surface area contributed by atoms with Crippen LogP contribution in [0, 0.1) is 0 Å². The number of thiophene rings is 1.